The zero-order chi connectivity index (χ0) is 15.9. The number of hydrogen-bond acceptors (Lipinski definition) is 3. The van der Waals surface area contributed by atoms with Crippen molar-refractivity contribution in [3.63, 3.8) is 0 Å². The summed E-state index contributed by atoms with van der Waals surface area (Å²) in [5, 5.41) is 7.89. The molecular weight excluding hydrogens is 314 g/mol. The second-order valence-electron chi connectivity index (χ2n) is 4.55. The van der Waals surface area contributed by atoms with Gasteiger partial charge in [-0.25, -0.2) is 13.5 Å². The number of benzene rings is 1. The van der Waals surface area contributed by atoms with Crippen LogP contribution >= 0.6 is 11.6 Å². The highest BCUT2D eigenvalue weighted by Gasteiger charge is 2.19. The third-order valence-electron chi connectivity index (χ3n) is 3.15. The van der Waals surface area contributed by atoms with E-state index in [4.69, 9.17) is 11.6 Å². The van der Waals surface area contributed by atoms with Crippen LogP contribution in [-0.4, -0.2) is 20.0 Å². The molecule has 3 rings (SSSR count). The second kappa shape index (κ2) is 5.34. The molecule has 22 heavy (non-hydrogen) atoms. The molecule has 0 aliphatic carbocycles. The maximum atomic E-state index is 13.9. The summed E-state index contributed by atoms with van der Waals surface area (Å²) >= 11 is 6.03. The van der Waals surface area contributed by atoms with Gasteiger partial charge in [-0.2, -0.15) is 0 Å². The number of aromatic amines is 1. The van der Waals surface area contributed by atoms with Crippen molar-refractivity contribution in [1.29, 1.82) is 0 Å². The zero-order valence-corrected chi connectivity index (χ0v) is 12.0. The van der Waals surface area contributed by atoms with Crippen molar-refractivity contribution in [3.05, 3.63) is 63.0 Å². The van der Waals surface area contributed by atoms with Crippen LogP contribution in [0.15, 0.2) is 35.1 Å². The highest BCUT2D eigenvalue weighted by Crippen LogP contribution is 2.27. The smallest absolute Gasteiger partial charge is 0.248 e. The van der Waals surface area contributed by atoms with E-state index in [1.54, 1.807) is 6.92 Å². The van der Waals surface area contributed by atoms with Gasteiger partial charge in [-0.15, -0.1) is 5.10 Å². The number of rotatable bonds is 2. The third-order valence-corrected chi connectivity index (χ3v) is 3.46. The maximum Gasteiger partial charge on any atom is 0.248 e. The topological polar surface area (TPSA) is 63.6 Å². The summed E-state index contributed by atoms with van der Waals surface area (Å²) in [6, 6.07) is 6.18. The number of nitrogens with one attached hydrogen (secondary N) is 1. The van der Waals surface area contributed by atoms with E-state index in [2.05, 4.69) is 15.3 Å². The Morgan fingerprint density at radius 1 is 1.18 bits per heavy atom. The number of nitrogens with zero attached hydrogens (tertiary/aromatic N) is 3. The normalized spacial score (nSPS) is 10.9. The van der Waals surface area contributed by atoms with Crippen LogP contribution in [0.2, 0.25) is 5.02 Å². The van der Waals surface area contributed by atoms with Crippen LogP contribution < -0.4 is 5.56 Å². The van der Waals surface area contributed by atoms with Crippen molar-refractivity contribution in [2.45, 2.75) is 6.92 Å². The lowest BCUT2D eigenvalue weighted by atomic mass is 10.2. The average molecular weight is 323 g/mol. The quantitative estimate of drug-likeness (QED) is 0.789. The first kappa shape index (κ1) is 14.4. The monoisotopic (exact) mass is 322 g/mol. The van der Waals surface area contributed by atoms with Crippen molar-refractivity contribution in [2.24, 2.45) is 0 Å². The van der Waals surface area contributed by atoms with Gasteiger partial charge in [0.25, 0.3) is 0 Å². The van der Waals surface area contributed by atoms with Gasteiger partial charge < -0.3 is 4.98 Å². The Kier molecular flexibility index (Phi) is 3.50. The van der Waals surface area contributed by atoms with Crippen LogP contribution in [0.1, 0.15) is 5.69 Å². The number of para-hydroxylation sites is 1. The lowest BCUT2D eigenvalue weighted by Gasteiger charge is -2.06. The summed E-state index contributed by atoms with van der Waals surface area (Å²) in [6.45, 7) is 1.57. The van der Waals surface area contributed by atoms with E-state index in [0.29, 0.717) is 5.69 Å². The van der Waals surface area contributed by atoms with Crippen LogP contribution in [0.5, 0.6) is 0 Å². The highest BCUT2D eigenvalue weighted by molar-refractivity contribution is 6.32. The van der Waals surface area contributed by atoms with Gasteiger partial charge in [0.2, 0.25) is 5.56 Å². The number of hydrogen-bond donors (Lipinski definition) is 1. The van der Waals surface area contributed by atoms with Crippen molar-refractivity contribution < 1.29 is 8.78 Å². The molecule has 2 aromatic heterocycles. The third kappa shape index (κ3) is 2.29. The van der Waals surface area contributed by atoms with E-state index in [1.807, 2.05) is 0 Å². The van der Waals surface area contributed by atoms with Gasteiger partial charge in [-0.1, -0.05) is 22.9 Å². The van der Waals surface area contributed by atoms with E-state index < -0.39 is 11.6 Å². The Morgan fingerprint density at radius 3 is 2.55 bits per heavy atom. The summed E-state index contributed by atoms with van der Waals surface area (Å²) in [4.78, 5) is 14.0. The fraction of sp³-hybridized carbons (Fsp3) is 0.0714. The van der Waals surface area contributed by atoms with Crippen LogP contribution in [0, 0.1) is 18.6 Å². The van der Waals surface area contributed by atoms with Crippen molar-refractivity contribution in [2.75, 3.05) is 0 Å². The molecule has 0 spiro atoms. The van der Waals surface area contributed by atoms with Crippen molar-refractivity contribution >= 4 is 11.6 Å². The summed E-state index contributed by atoms with van der Waals surface area (Å²) in [7, 11) is 0. The SMILES string of the molecule is Cc1c(-c2[nH]c(=O)ccc2Cl)nnn1-c1c(F)cccc1F. The first-order valence-corrected chi connectivity index (χ1v) is 6.62. The van der Waals surface area contributed by atoms with Gasteiger partial charge in [0.15, 0.2) is 11.6 Å². The lowest BCUT2D eigenvalue weighted by Crippen LogP contribution is -2.07. The minimum Gasteiger partial charge on any atom is -0.319 e. The summed E-state index contributed by atoms with van der Waals surface area (Å²) in [5.41, 5.74) is 0.117. The fourth-order valence-corrected chi connectivity index (χ4v) is 2.29. The number of halogens is 3. The molecule has 0 aliphatic rings. The van der Waals surface area contributed by atoms with Gasteiger partial charge in [0.05, 0.1) is 16.4 Å². The van der Waals surface area contributed by atoms with E-state index >= 15 is 0 Å². The largest absolute Gasteiger partial charge is 0.319 e. The molecule has 0 bridgehead atoms. The van der Waals surface area contributed by atoms with Crippen LogP contribution in [0.25, 0.3) is 17.1 Å². The highest BCUT2D eigenvalue weighted by atomic mass is 35.5. The first-order valence-electron chi connectivity index (χ1n) is 6.25. The fourth-order valence-electron chi connectivity index (χ4n) is 2.09. The molecule has 0 radical (unpaired) electrons. The molecule has 1 aromatic carbocycles. The predicted molar refractivity (Wildman–Crippen MR) is 77.1 cm³/mol. The number of H-pyrrole nitrogens is 1. The van der Waals surface area contributed by atoms with Gasteiger partial charge in [0, 0.05) is 6.07 Å². The molecule has 0 aliphatic heterocycles. The first-order chi connectivity index (χ1) is 10.5. The van der Waals surface area contributed by atoms with Gasteiger partial charge in [-0.3, -0.25) is 4.79 Å². The molecule has 0 saturated heterocycles. The van der Waals surface area contributed by atoms with Crippen molar-refractivity contribution in [3.8, 4) is 17.1 Å². The zero-order valence-electron chi connectivity index (χ0n) is 11.3. The Morgan fingerprint density at radius 2 is 1.86 bits per heavy atom. The molecule has 0 atom stereocenters. The van der Waals surface area contributed by atoms with Gasteiger partial charge >= 0.3 is 0 Å². The molecule has 5 nitrogen and oxygen atoms in total. The predicted octanol–water partition coefficient (Wildman–Crippen LogP) is 2.86. The molecule has 0 amide bonds. The van der Waals surface area contributed by atoms with Gasteiger partial charge in [-0.05, 0) is 25.1 Å². The summed E-state index contributed by atoms with van der Waals surface area (Å²) in [5.74, 6) is -1.54. The molecule has 2 heterocycles. The van der Waals surface area contributed by atoms with Gasteiger partial charge in [0.1, 0.15) is 11.4 Å². The molecule has 0 fully saturated rings. The molecule has 3 aromatic rings. The number of aromatic nitrogens is 4. The minimum atomic E-state index is -0.771. The van der Waals surface area contributed by atoms with Crippen LogP contribution in [-0.2, 0) is 0 Å². The Labute approximate surface area is 128 Å². The molecular formula is C14H9ClF2N4O. The molecule has 0 saturated carbocycles. The lowest BCUT2D eigenvalue weighted by molar-refractivity contribution is 0.553. The maximum absolute atomic E-state index is 13.9. The Bertz CT molecular complexity index is 899. The van der Waals surface area contributed by atoms with Crippen LogP contribution in [0.4, 0.5) is 8.78 Å². The summed E-state index contributed by atoms with van der Waals surface area (Å²) < 4.78 is 28.7. The molecule has 8 heteroatoms. The summed E-state index contributed by atoms with van der Waals surface area (Å²) in [6.07, 6.45) is 0. The van der Waals surface area contributed by atoms with Crippen LogP contribution in [0.3, 0.4) is 0 Å². The minimum absolute atomic E-state index is 0.241. The Balaban J connectivity index is 2.22. The van der Waals surface area contributed by atoms with Crippen molar-refractivity contribution in [1.82, 2.24) is 20.0 Å². The number of pyridine rings is 1. The van der Waals surface area contributed by atoms with E-state index in [1.165, 1.54) is 18.2 Å². The standard InChI is InChI=1S/C14H9ClF2N4O/c1-7-12(13-8(15)5-6-11(22)18-13)19-20-21(7)14-9(16)3-2-4-10(14)17/h2-6H,1H3,(H,18,22). The molecule has 112 valence electrons. The average Bonchev–Trinajstić information content (AvgIpc) is 2.83. The molecule has 0 unspecified atom stereocenters. The Hall–Kier alpha value is -2.54. The molecule has 1 N–H and O–H groups in total. The van der Waals surface area contributed by atoms with E-state index in [9.17, 15) is 13.6 Å². The van der Waals surface area contributed by atoms with E-state index in [-0.39, 0.29) is 27.7 Å². The second-order valence-corrected chi connectivity index (χ2v) is 4.96. The van der Waals surface area contributed by atoms with E-state index in [0.717, 1.165) is 16.8 Å².